The van der Waals surface area contributed by atoms with Gasteiger partial charge in [0.15, 0.2) is 11.5 Å². The van der Waals surface area contributed by atoms with Crippen molar-refractivity contribution in [3.05, 3.63) is 16.2 Å². The number of aromatic nitrogens is 1. The summed E-state index contributed by atoms with van der Waals surface area (Å²) in [5.41, 5.74) is 1.37. The second-order valence-electron chi connectivity index (χ2n) is 4.25. The van der Waals surface area contributed by atoms with Crippen LogP contribution in [0.4, 0.5) is 11.5 Å². The zero-order chi connectivity index (χ0) is 12.0. The van der Waals surface area contributed by atoms with E-state index in [-0.39, 0.29) is 0 Å². The molecule has 1 saturated heterocycles. The molecule has 1 atom stereocenters. The van der Waals surface area contributed by atoms with Crippen LogP contribution in [0.25, 0.3) is 0 Å². The van der Waals surface area contributed by atoms with Gasteiger partial charge in [0.1, 0.15) is 0 Å². The maximum atomic E-state index is 11.5. The number of ether oxygens (including phenoxy) is 1. The number of halogens is 1. The van der Waals surface area contributed by atoms with E-state index >= 15 is 0 Å². The lowest BCUT2D eigenvalue weighted by molar-refractivity contribution is 0.0593. The van der Waals surface area contributed by atoms with Crippen molar-refractivity contribution in [2.75, 3.05) is 30.4 Å². The fourth-order valence-corrected chi connectivity index (χ4v) is 2.82. The molecule has 2 bridgehead atoms. The van der Waals surface area contributed by atoms with Crippen LogP contribution < -0.4 is 10.2 Å². The highest BCUT2D eigenvalue weighted by atomic mass is 79.9. The van der Waals surface area contributed by atoms with Gasteiger partial charge in [0.25, 0.3) is 0 Å². The number of carbonyl (C=O) groups excluding carboxylic acids is 1. The highest BCUT2D eigenvalue weighted by Crippen LogP contribution is 2.36. The smallest absolute Gasteiger partial charge is 0.357 e. The largest absolute Gasteiger partial charge is 0.464 e. The van der Waals surface area contributed by atoms with Gasteiger partial charge in [0.05, 0.1) is 17.3 Å². The van der Waals surface area contributed by atoms with Gasteiger partial charge in [0, 0.05) is 19.1 Å². The van der Waals surface area contributed by atoms with Crippen molar-refractivity contribution in [3.8, 4) is 0 Å². The van der Waals surface area contributed by atoms with Gasteiger partial charge in [0.2, 0.25) is 0 Å². The first-order valence-corrected chi connectivity index (χ1v) is 6.28. The molecule has 0 radical (unpaired) electrons. The number of rotatable bonds is 1. The third-order valence-electron chi connectivity index (χ3n) is 3.20. The summed E-state index contributed by atoms with van der Waals surface area (Å²) < 4.78 is 5.38. The molecule has 2 aliphatic heterocycles. The minimum absolute atomic E-state index is 0.321. The first kappa shape index (κ1) is 10.8. The first-order chi connectivity index (χ1) is 8.19. The van der Waals surface area contributed by atoms with Gasteiger partial charge in [-0.2, -0.15) is 0 Å². The van der Waals surface area contributed by atoms with Crippen LogP contribution in [0.2, 0.25) is 0 Å². The van der Waals surface area contributed by atoms with Gasteiger partial charge in [-0.05, 0) is 28.4 Å². The Morgan fingerprint density at radius 2 is 2.53 bits per heavy atom. The van der Waals surface area contributed by atoms with Crippen LogP contribution in [0, 0.1) is 0 Å². The number of anilines is 2. The van der Waals surface area contributed by atoms with Gasteiger partial charge in [-0.25, -0.2) is 9.78 Å². The lowest BCUT2D eigenvalue weighted by atomic mass is 10.2. The molecule has 3 rings (SSSR count). The standard InChI is InChI=1S/C11H12BrN3O2/c1-17-11(16)9-7(12)4-8-10(14-9)13-6-2-3-15(8)5-6/h4,6H,2-3,5H2,1H3,(H,13,14). The fourth-order valence-electron chi connectivity index (χ4n) is 2.36. The summed E-state index contributed by atoms with van der Waals surface area (Å²) in [6.45, 7) is 2.05. The van der Waals surface area contributed by atoms with Gasteiger partial charge < -0.3 is 15.0 Å². The Balaban J connectivity index is 2.07. The second-order valence-corrected chi connectivity index (χ2v) is 5.11. The van der Waals surface area contributed by atoms with Crippen molar-refractivity contribution in [3.63, 3.8) is 0 Å². The number of methoxy groups -OCH3 is 1. The fraction of sp³-hybridized carbons (Fsp3) is 0.455. The van der Waals surface area contributed by atoms with E-state index in [0.717, 1.165) is 31.0 Å². The Bertz CT molecular complexity index is 492. The number of pyridine rings is 1. The van der Waals surface area contributed by atoms with Crippen molar-refractivity contribution in [2.24, 2.45) is 0 Å². The van der Waals surface area contributed by atoms with E-state index in [1.165, 1.54) is 7.11 Å². The average Bonchev–Trinajstić information content (AvgIpc) is 2.72. The van der Waals surface area contributed by atoms with E-state index < -0.39 is 5.97 Å². The molecule has 1 aromatic rings. The predicted octanol–water partition coefficient (Wildman–Crippen LogP) is 1.63. The van der Waals surface area contributed by atoms with Gasteiger partial charge in [-0.3, -0.25) is 0 Å². The molecule has 5 nitrogen and oxygen atoms in total. The number of hydrogen-bond donors (Lipinski definition) is 1. The third-order valence-corrected chi connectivity index (χ3v) is 3.81. The molecule has 0 spiro atoms. The number of carbonyl (C=O) groups is 1. The number of fused-ring (bicyclic) bond motifs is 4. The highest BCUT2D eigenvalue weighted by molar-refractivity contribution is 9.10. The van der Waals surface area contributed by atoms with Crippen LogP contribution in [0.1, 0.15) is 16.9 Å². The molecular weight excluding hydrogens is 286 g/mol. The van der Waals surface area contributed by atoms with Crippen LogP contribution in [-0.4, -0.2) is 37.2 Å². The second kappa shape index (κ2) is 3.87. The molecule has 1 fully saturated rings. The predicted molar refractivity (Wildman–Crippen MR) is 67.5 cm³/mol. The average molecular weight is 298 g/mol. The molecule has 1 N–H and O–H groups in total. The van der Waals surface area contributed by atoms with E-state index in [0.29, 0.717) is 16.2 Å². The molecule has 0 saturated carbocycles. The molecule has 0 aliphatic carbocycles. The zero-order valence-corrected chi connectivity index (χ0v) is 11.0. The van der Waals surface area contributed by atoms with E-state index in [9.17, 15) is 4.79 Å². The van der Waals surface area contributed by atoms with Crippen molar-refractivity contribution in [1.29, 1.82) is 0 Å². The molecular formula is C11H12BrN3O2. The SMILES string of the molecule is COC(=O)c1nc2c(cc1Br)N1CCC(C1)N2. The Labute approximate surface area is 107 Å². The van der Waals surface area contributed by atoms with Crippen molar-refractivity contribution in [1.82, 2.24) is 4.98 Å². The summed E-state index contributed by atoms with van der Waals surface area (Å²) in [6.07, 6.45) is 1.11. The molecule has 2 aliphatic rings. The van der Waals surface area contributed by atoms with Crippen LogP contribution in [0.15, 0.2) is 10.5 Å². The Kier molecular flexibility index (Phi) is 2.47. The highest BCUT2D eigenvalue weighted by Gasteiger charge is 2.32. The summed E-state index contributed by atoms with van der Waals surface area (Å²) in [5, 5.41) is 3.35. The maximum absolute atomic E-state index is 11.5. The monoisotopic (exact) mass is 297 g/mol. The lowest BCUT2D eigenvalue weighted by Gasteiger charge is -2.28. The minimum atomic E-state index is -0.422. The Morgan fingerprint density at radius 1 is 1.71 bits per heavy atom. The summed E-state index contributed by atoms with van der Waals surface area (Å²) in [4.78, 5) is 18.2. The molecule has 0 amide bonds. The number of nitrogens with zero attached hydrogens (tertiary/aromatic N) is 2. The molecule has 6 heteroatoms. The topological polar surface area (TPSA) is 54.5 Å². The summed E-state index contributed by atoms with van der Waals surface area (Å²) >= 11 is 3.37. The minimum Gasteiger partial charge on any atom is -0.464 e. The summed E-state index contributed by atoms with van der Waals surface area (Å²) in [6, 6.07) is 2.38. The number of nitrogens with one attached hydrogen (secondary N) is 1. The third kappa shape index (κ3) is 1.67. The van der Waals surface area contributed by atoms with Crippen LogP contribution in [0.3, 0.4) is 0 Å². The van der Waals surface area contributed by atoms with Crippen LogP contribution in [-0.2, 0) is 4.74 Å². The molecule has 90 valence electrons. The maximum Gasteiger partial charge on any atom is 0.357 e. The van der Waals surface area contributed by atoms with E-state index in [1.54, 1.807) is 0 Å². The quantitative estimate of drug-likeness (QED) is 0.799. The lowest BCUT2D eigenvalue weighted by Crippen LogP contribution is -2.32. The Morgan fingerprint density at radius 3 is 3.29 bits per heavy atom. The zero-order valence-electron chi connectivity index (χ0n) is 9.36. The van der Waals surface area contributed by atoms with Crippen molar-refractivity contribution < 1.29 is 9.53 Å². The molecule has 3 heterocycles. The molecule has 1 aromatic heterocycles. The first-order valence-electron chi connectivity index (χ1n) is 5.49. The van der Waals surface area contributed by atoms with Crippen LogP contribution >= 0.6 is 15.9 Å². The summed E-state index contributed by atoms with van der Waals surface area (Å²) in [5.74, 6) is 0.358. The molecule has 1 unspecified atom stereocenters. The van der Waals surface area contributed by atoms with Gasteiger partial charge >= 0.3 is 5.97 Å². The molecule has 0 aromatic carbocycles. The number of esters is 1. The van der Waals surface area contributed by atoms with E-state index in [4.69, 9.17) is 4.74 Å². The van der Waals surface area contributed by atoms with E-state index in [2.05, 4.69) is 31.1 Å². The van der Waals surface area contributed by atoms with Crippen LogP contribution in [0.5, 0.6) is 0 Å². The molecule has 17 heavy (non-hydrogen) atoms. The van der Waals surface area contributed by atoms with Crippen molar-refractivity contribution >= 4 is 33.4 Å². The Hall–Kier alpha value is -1.30. The van der Waals surface area contributed by atoms with Crippen molar-refractivity contribution in [2.45, 2.75) is 12.5 Å². The van der Waals surface area contributed by atoms with E-state index in [1.807, 2.05) is 6.07 Å². The van der Waals surface area contributed by atoms with Gasteiger partial charge in [-0.1, -0.05) is 0 Å². The van der Waals surface area contributed by atoms with Gasteiger partial charge in [-0.15, -0.1) is 0 Å². The number of hydrogen-bond acceptors (Lipinski definition) is 5. The normalized spacial score (nSPS) is 20.8. The summed E-state index contributed by atoms with van der Waals surface area (Å²) in [7, 11) is 1.36.